The Hall–Kier alpha value is -4.04. The SMILES string of the molecule is CC(C)(C)OC(=O)c1ccc(-c2c(C=Cc3ccc4c(n3)CCCC4)nc3c(N4CCOCC4)ccnn23)cc1. The van der Waals surface area contributed by atoms with Gasteiger partial charge in [-0.25, -0.2) is 14.3 Å². The monoisotopic (exact) mass is 537 g/mol. The number of hydrogen-bond donors (Lipinski definition) is 0. The van der Waals surface area contributed by atoms with Crippen molar-refractivity contribution >= 4 is 29.5 Å². The highest BCUT2D eigenvalue weighted by Crippen LogP contribution is 2.31. The van der Waals surface area contributed by atoms with E-state index in [1.54, 1.807) is 12.1 Å². The Morgan fingerprint density at radius 2 is 1.73 bits per heavy atom. The van der Waals surface area contributed by atoms with E-state index in [-0.39, 0.29) is 5.97 Å². The number of aryl methyl sites for hydroxylation is 2. The number of carbonyl (C=O) groups excluding carboxylic acids is 1. The summed E-state index contributed by atoms with van der Waals surface area (Å²) in [4.78, 5) is 24.9. The first-order chi connectivity index (χ1) is 19.4. The van der Waals surface area contributed by atoms with Crippen LogP contribution in [0.25, 0.3) is 29.1 Å². The predicted molar refractivity (Wildman–Crippen MR) is 156 cm³/mol. The molecule has 1 aliphatic heterocycles. The summed E-state index contributed by atoms with van der Waals surface area (Å²) in [5.74, 6) is -0.344. The number of aromatic nitrogens is 4. The average molecular weight is 538 g/mol. The van der Waals surface area contributed by atoms with Crippen LogP contribution in [0.2, 0.25) is 0 Å². The van der Waals surface area contributed by atoms with Gasteiger partial charge >= 0.3 is 5.97 Å². The number of fused-ring (bicyclic) bond motifs is 2. The highest BCUT2D eigenvalue weighted by molar-refractivity contribution is 5.91. The summed E-state index contributed by atoms with van der Waals surface area (Å²) >= 11 is 0. The van der Waals surface area contributed by atoms with Gasteiger partial charge in [-0.3, -0.25) is 4.98 Å². The average Bonchev–Trinajstić information content (AvgIpc) is 3.34. The van der Waals surface area contributed by atoms with Crippen molar-refractivity contribution in [2.24, 2.45) is 0 Å². The van der Waals surface area contributed by atoms with Gasteiger partial charge in [0, 0.05) is 24.3 Å². The van der Waals surface area contributed by atoms with Crippen molar-refractivity contribution in [1.82, 2.24) is 19.6 Å². The second-order valence-corrected chi connectivity index (χ2v) is 11.4. The molecule has 0 radical (unpaired) electrons. The Kier molecular flexibility index (Phi) is 7.11. The van der Waals surface area contributed by atoms with E-state index in [0.29, 0.717) is 18.8 Å². The number of imidazole rings is 1. The Balaban J connectivity index is 1.41. The molecule has 2 aliphatic rings. The van der Waals surface area contributed by atoms with Crippen LogP contribution in [-0.2, 0) is 22.3 Å². The van der Waals surface area contributed by atoms with E-state index in [0.717, 1.165) is 59.9 Å². The van der Waals surface area contributed by atoms with Gasteiger partial charge in [0.2, 0.25) is 0 Å². The lowest BCUT2D eigenvalue weighted by atomic mass is 9.96. The van der Waals surface area contributed by atoms with Gasteiger partial charge in [0.25, 0.3) is 0 Å². The zero-order valence-electron chi connectivity index (χ0n) is 23.4. The summed E-state index contributed by atoms with van der Waals surface area (Å²) in [6, 6.07) is 13.8. The topological polar surface area (TPSA) is 81.8 Å². The lowest BCUT2D eigenvalue weighted by Gasteiger charge is -2.28. The van der Waals surface area contributed by atoms with E-state index in [9.17, 15) is 4.79 Å². The molecule has 0 saturated carbocycles. The maximum atomic E-state index is 12.6. The fraction of sp³-hybridized carbons (Fsp3) is 0.375. The van der Waals surface area contributed by atoms with Crippen LogP contribution in [0.3, 0.4) is 0 Å². The molecule has 1 aromatic carbocycles. The van der Waals surface area contributed by atoms with E-state index in [1.165, 1.54) is 24.1 Å². The van der Waals surface area contributed by atoms with E-state index < -0.39 is 5.60 Å². The van der Waals surface area contributed by atoms with Crippen molar-refractivity contribution in [3.8, 4) is 11.3 Å². The maximum Gasteiger partial charge on any atom is 0.338 e. The first-order valence-electron chi connectivity index (χ1n) is 14.1. The largest absolute Gasteiger partial charge is 0.456 e. The van der Waals surface area contributed by atoms with Crippen LogP contribution >= 0.6 is 0 Å². The number of hydrogen-bond acceptors (Lipinski definition) is 7. The zero-order chi connectivity index (χ0) is 27.7. The number of esters is 1. The Morgan fingerprint density at radius 1 is 0.950 bits per heavy atom. The second-order valence-electron chi connectivity index (χ2n) is 11.4. The summed E-state index contributed by atoms with van der Waals surface area (Å²) in [5, 5.41) is 4.71. The number of nitrogens with zero attached hydrogens (tertiary/aromatic N) is 5. The van der Waals surface area contributed by atoms with Gasteiger partial charge < -0.3 is 14.4 Å². The molecule has 3 aromatic heterocycles. The molecule has 8 nitrogen and oxygen atoms in total. The highest BCUT2D eigenvalue weighted by atomic mass is 16.6. The Labute approximate surface area is 234 Å². The van der Waals surface area contributed by atoms with Crippen molar-refractivity contribution < 1.29 is 14.3 Å². The molecule has 8 heteroatoms. The minimum absolute atomic E-state index is 0.344. The smallest absolute Gasteiger partial charge is 0.338 e. The molecule has 0 atom stereocenters. The molecule has 0 spiro atoms. The van der Waals surface area contributed by atoms with Gasteiger partial charge in [0.05, 0.1) is 42.0 Å². The molecule has 206 valence electrons. The molecule has 0 N–H and O–H groups in total. The summed E-state index contributed by atoms with van der Waals surface area (Å²) in [6.07, 6.45) is 10.4. The van der Waals surface area contributed by atoms with Crippen LogP contribution < -0.4 is 4.90 Å². The molecule has 4 aromatic rings. The molecule has 0 bridgehead atoms. The number of anilines is 1. The Bertz CT molecular complexity index is 1560. The molecular formula is C32H35N5O3. The second kappa shape index (κ2) is 10.8. The number of pyridine rings is 1. The number of morpholine rings is 1. The first kappa shape index (κ1) is 26.2. The number of carbonyl (C=O) groups is 1. The fourth-order valence-corrected chi connectivity index (χ4v) is 5.35. The van der Waals surface area contributed by atoms with Crippen molar-refractivity contribution in [3.63, 3.8) is 0 Å². The van der Waals surface area contributed by atoms with Crippen LogP contribution in [0, 0.1) is 0 Å². The summed E-state index contributed by atoms with van der Waals surface area (Å²) in [7, 11) is 0. The van der Waals surface area contributed by atoms with Gasteiger partial charge in [-0.2, -0.15) is 5.10 Å². The minimum Gasteiger partial charge on any atom is -0.456 e. The lowest BCUT2D eigenvalue weighted by Crippen LogP contribution is -2.36. The van der Waals surface area contributed by atoms with Crippen molar-refractivity contribution in [3.05, 3.63) is 76.9 Å². The number of benzene rings is 1. The van der Waals surface area contributed by atoms with Gasteiger partial charge in [-0.05, 0) is 88.4 Å². The van der Waals surface area contributed by atoms with Gasteiger partial charge in [-0.1, -0.05) is 18.2 Å². The molecule has 1 aliphatic carbocycles. The quantitative estimate of drug-likeness (QED) is 0.305. The summed E-state index contributed by atoms with van der Waals surface area (Å²) in [6.45, 7) is 8.57. The van der Waals surface area contributed by atoms with Crippen molar-refractivity contribution in [1.29, 1.82) is 0 Å². The van der Waals surface area contributed by atoms with Crippen LogP contribution in [0.15, 0.2) is 48.7 Å². The fourth-order valence-electron chi connectivity index (χ4n) is 5.35. The lowest BCUT2D eigenvalue weighted by molar-refractivity contribution is 0.00695. The van der Waals surface area contributed by atoms with Crippen LogP contribution in [0.5, 0.6) is 0 Å². The molecule has 6 rings (SSSR count). The molecule has 1 saturated heterocycles. The minimum atomic E-state index is -0.556. The number of ether oxygens (including phenoxy) is 2. The standard InChI is InChI=1S/C32H35N5O3/c1-32(2,3)40-31(38)24-10-8-23(9-11-24)29-27(15-14-25-13-12-22-6-4-5-7-26(22)34-25)35-30-28(16-17-33-37(29)30)36-18-20-39-21-19-36/h8-17H,4-7,18-21H2,1-3H3. The summed E-state index contributed by atoms with van der Waals surface area (Å²) < 4.78 is 13.0. The summed E-state index contributed by atoms with van der Waals surface area (Å²) in [5.41, 5.74) is 7.80. The molecule has 4 heterocycles. The Morgan fingerprint density at radius 3 is 2.50 bits per heavy atom. The third-order valence-electron chi connectivity index (χ3n) is 7.28. The van der Waals surface area contributed by atoms with Gasteiger partial charge in [0.1, 0.15) is 11.3 Å². The molecule has 1 fully saturated rings. The third-order valence-corrected chi connectivity index (χ3v) is 7.28. The van der Waals surface area contributed by atoms with E-state index >= 15 is 0 Å². The van der Waals surface area contributed by atoms with Crippen molar-refractivity contribution in [2.75, 3.05) is 31.2 Å². The molecule has 0 amide bonds. The molecular weight excluding hydrogens is 502 g/mol. The zero-order valence-corrected chi connectivity index (χ0v) is 23.4. The molecule has 0 unspecified atom stereocenters. The van der Waals surface area contributed by atoms with Crippen LogP contribution in [-0.4, -0.2) is 57.5 Å². The highest BCUT2D eigenvalue weighted by Gasteiger charge is 2.22. The van der Waals surface area contributed by atoms with Crippen LogP contribution in [0.1, 0.15) is 66.6 Å². The third kappa shape index (κ3) is 5.49. The van der Waals surface area contributed by atoms with Crippen molar-refractivity contribution in [2.45, 2.75) is 52.1 Å². The molecule has 40 heavy (non-hydrogen) atoms. The predicted octanol–water partition coefficient (Wildman–Crippen LogP) is 5.63. The van der Waals surface area contributed by atoms with Gasteiger partial charge in [0.15, 0.2) is 5.65 Å². The van der Waals surface area contributed by atoms with E-state index in [1.807, 2.05) is 61.8 Å². The number of rotatable bonds is 5. The van der Waals surface area contributed by atoms with E-state index in [2.05, 4.69) is 17.0 Å². The maximum absolute atomic E-state index is 12.6. The first-order valence-corrected chi connectivity index (χ1v) is 14.1. The van der Waals surface area contributed by atoms with E-state index in [4.69, 9.17) is 24.5 Å². The van der Waals surface area contributed by atoms with Crippen LogP contribution in [0.4, 0.5) is 5.69 Å². The normalized spacial score (nSPS) is 15.9. The van der Waals surface area contributed by atoms with Gasteiger partial charge in [-0.15, -0.1) is 0 Å².